The number of rotatable bonds is 7. The van der Waals surface area contributed by atoms with Gasteiger partial charge >= 0.3 is 5.97 Å². The summed E-state index contributed by atoms with van der Waals surface area (Å²) in [6.45, 7) is 0.00195. The Kier molecular flexibility index (Phi) is 5.90. The number of hydrogen-bond donors (Lipinski definition) is 1. The number of benzene rings is 3. The van der Waals surface area contributed by atoms with E-state index in [1.165, 1.54) is 24.3 Å². The van der Waals surface area contributed by atoms with Gasteiger partial charge in [-0.1, -0.05) is 41.9 Å². The minimum absolute atomic E-state index is 0.00195. The van der Waals surface area contributed by atoms with Gasteiger partial charge in [0.15, 0.2) is 0 Å². The highest BCUT2D eigenvalue weighted by molar-refractivity contribution is 6.30. The maximum Gasteiger partial charge on any atom is 0.336 e. The van der Waals surface area contributed by atoms with Gasteiger partial charge in [-0.15, -0.1) is 0 Å². The maximum atomic E-state index is 13.0. The maximum absolute atomic E-state index is 13.0. The number of ether oxygens (including phenoxy) is 1. The quantitative estimate of drug-likeness (QED) is 0.341. The van der Waals surface area contributed by atoms with Crippen molar-refractivity contribution in [2.24, 2.45) is 0 Å². The van der Waals surface area contributed by atoms with E-state index in [2.05, 4.69) is 0 Å². The average molecular weight is 412 g/mol. The van der Waals surface area contributed by atoms with Gasteiger partial charge in [0, 0.05) is 16.7 Å². The van der Waals surface area contributed by atoms with E-state index >= 15 is 0 Å². The molecule has 0 aromatic heterocycles. The zero-order valence-electron chi connectivity index (χ0n) is 14.9. The van der Waals surface area contributed by atoms with Gasteiger partial charge in [-0.2, -0.15) is 0 Å². The molecule has 0 amide bonds. The van der Waals surface area contributed by atoms with Crippen LogP contribution in [0.2, 0.25) is 5.02 Å². The van der Waals surface area contributed by atoms with Crippen molar-refractivity contribution < 1.29 is 24.4 Å². The molecule has 0 saturated carbocycles. The van der Waals surface area contributed by atoms with Crippen LogP contribution in [0.15, 0.2) is 66.7 Å². The Bertz CT molecular complexity index is 1080. The average Bonchev–Trinajstić information content (AvgIpc) is 2.72. The Balaban J connectivity index is 2.12. The van der Waals surface area contributed by atoms with E-state index in [1.807, 2.05) is 6.07 Å². The third-order valence-electron chi connectivity index (χ3n) is 4.10. The Morgan fingerprint density at radius 1 is 1.00 bits per heavy atom. The molecule has 8 heteroatoms. The zero-order chi connectivity index (χ0) is 21.0. The van der Waals surface area contributed by atoms with Crippen LogP contribution in [0.1, 0.15) is 31.8 Å². The van der Waals surface area contributed by atoms with Crippen LogP contribution in [-0.4, -0.2) is 21.8 Å². The molecule has 3 aromatic carbocycles. The van der Waals surface area contributed by atoms with Crippen molar-refractivity contribution in [1.82, 2.24) is 0 Å². The molecule has 0 aliphatic carbocycles. The van der Waals surface area contributed by atoms with Crippen LogP contribution in [0.25, 0.3) is 0 Å². The van der Waals surface area contributed by atoms with Gasteiger partial charge in [-0.25, -0.2) is 4.79 Å². The van der Waals surface area contributed by atoms with Crippen LogP contribution in [-0.2, 0) is 6.61 Å². The second-order valence-electron chi connectivity index (χ2n) is 6.04. The van der Waals surface area contributed by atoms with Gasteiger partial charge in [0.2, 0.25) is 5.78 Å². The first kappa shape index (κ1) is 20.0. The summed E-state index contributed by atoms with van der Waals surface area (Å²) in [6, 6.07) is 16.7. The minimum Gasteiger partial charge on any atom is -0.488 e. The number of ketones is 1. The second kappa shape index (κ2) is 8.53. The molecule has 0 aliphatic heterocycles. The number of hydrogen-bond acceptors (Lipinski definition) is 5. The monoisotopic (exact) mass is 411 g/mol. The highest BCUT2D eigenvalue weighted by Crippen LogP contribution is 2.33. The molecular weight excluding hydrogens is 398 g/mol. The molecule has 0 bridgehead atoms. The fraction of sp³-hybridized carbons (Fsp3) is 0.0476. The third-order valence-corrected chi connectivity index (χ3v) is 4.35. The molecule has 0 unspecified atom stereocenters. The SMILES string of the molecule is O=C(O)c1cc(OCc2ccccc2)c(C(=O)c2ccc(Cl)cc2)c([N+](=O)[O-])c1. The summed E-state index contributed by atoms with van der Waals surface area (Å²) in [5.74, 6) is -2.23. The molecule has 3 aromatic rings. The highest BCUT2D eigenvalue weighted by Gasteiger charge is 2.29. The Morgan fingerprint density at radius 2 is 1.66 bits per heavy atom. The molecule has 0 fully saturated rings. The van der Waals surface area contributed by atoms with Crippen LogP contribution >= 0.6 is 11.6 Å². The molecule has 0 atom stereocenters. The largest absolute Gasteiger partial charge is 0.488 e. The summed E-state index contributed by atoms with van der Waals surface area (Å²) < 4.78 is 5.66. The topological polar surface area (TPSA) is 107 Å². The fourth-order valence-electron chi connectivity index (χ4n) is 2.69. The predicted octanol–water partition coefficient (Wildman–Crippen LogP) is 4.76. The first-order chi connectivity index (χ1) is 13.9. The number of carboxylic acids is 1. The molecule has 0 spiro atoms. The number of aromatic carboxylic acids is 1. The van der Waals surface area contributed by atoms with Gasteiger partial charge in [0.25, 0.3) is 5.69 Å². The van der Waals surface area contributed by atoms with Gasteiger partial charge < -0.3 is 9.84 Å². The summed E-state index contributed by atoms with van der Waals surface area (Å²) >= 11 is 5.84. The Morgan fingerprint density at radius 3 is 2.24 bits per heavy atom. The number of halogens is 1. The van der Waals surface area contributed by atoms with Gasteiger partial charge in [-0.3, -0.25) is 14.9 Å². The number of carboxylic acid groups (broad SMARTS) is 1. The standard InChI is InChI=1S/C21H14ClNO6/c22-16-8-6-14(7-9-16)20(24)19-17(23(27)28)10-15(21(25)26)11-18(19)29-12-13-4-2-1-3-5-13/h1-11H,12H2,(H,25,26). The third kappa shape index (κ3) is 4.59. The zero-order valence-corrected chi connectivity index (χ0v) is 15.6. The molecular formula is C21H14ClNO6. The van der Waals surface area contributed by atoms with Crippen molar-refractivity contribution in [3.05, 3.63) is 104 Å². The summed E-state index contributed by atoms with van der Waals surface area (Å²) in [6.07, 6.45) is 0. The van der Waals surface area contributed by atoms with Crippen LogP contribution in [0.4, 0.5) is 5.69 Å². The van der Waals surface area contributed by atoms with Crippen LogP contribution in [0, 0.1) is 10.1 Å². The highest BCUT2D eigenvalue weighted by atomic mass is 35.5. The summed E-state index contributed by atoms with van der Waals surface area (Å²) in [4.78, 5) is 35.2. The molecule has 146 valence electrons. The minimum atomic E-state index is -1.37. The van der Waals surface area contributed by atoms with Crippen LogP contribution in [0.3, 0.4) is 0 Å². The van der Waals surface area contributed by atoms with Gasteiger partial charge in [0.1, 0.15) is 17.9 Å². The van der Waals surface area contributed by atoms with E-state index in [9.17, 15) is 24.8 Å². The molecule has 1 N–H and O–H groups in total. The first-order valence-electron chi connectivity index (χ1n) is 8.39. The lowest BCUT2D eigenvalue weighted by Gasteiger charge is -2.13. The predicted molar refractivity (Wildman–Crippen MR) is 106 cm³/mol. The van der Waals surface area contributed by atoms with Crippen molar-refractivity contribution >= 4 is 29.0 Å². The lowest BCUT2D eigenvalue weighted by atomic mass is 9.98. The van der Waals surface area contributed by atoms with Crippen molar-refractivity contribution in [1.29, 1.82) is 0 Å². The van der Waals surface area contributed by atoms with E-state index in [0.717, 1.165) is 17.7 Å². The number of nitro groups is 1. The van der Waals surface area contributed by atoms with Crippen molar-refractivity contribution in [3.8, 4) is 5.75 Å². The van der Waals surface area contributed by atoms with E-state index in [1.54, 1.807) is 24.3 Å². The molecule has 3 rings (SSSR count). The lowest BCUT2D eigenvalue weighted by molar-refractivity contribution is -0.385. The fourth-order valence-corrected chi connectivity index (χ4v) is 2.82. The summed E-state index contributed by atoms with van der Waals surface area (Å²) in [5.41, 5.74) is -0.413. The van der Waals surface area contributed by atoms with Crippen molar-refractivity contribution in [2.75, 3.05) is 0 Å². The van der Waals surface area contributed by atoms with Crippen molar-refractivity contribution in [3.63, 3.8) is 0 Å². The van der Waals surface area contributed by atoms with E-state index in [-0.39, 0.29) is 29.0 Å². The van der Waals surface area contributed by atoms with Crippen LogP contribution < -0.4 is 4.74 Å². The van der Waals surface area contributed by atoms with Crippen LogP contribution in [0.5, 0.6) is 5.75 Å². The molecule has 0 saturated heterocycles. The molecule has 0 radical (unpaired) electrons. The van der Waals surface area contributed by atoms with Gasteiger partial charge in [-0.05, 0) is 35.9 Å². The Hall–Kier alpha value is -3.71. The van der Waals surface area contributed by atoms with Crippen molar-refractivity contribution in [2.45, 2.75) is 6.61 Å². The molecule has 0 aliphatic rings. The van der Waals surface area contributed by atoms with E-state index in [0.29, 0.717) is 5.02 Å². The number of carbonyl (C=O) groups excluding carboxylic acids is 1. The molecule has 0 heterocycles. The molecule has 29 heavy (non-hydrogen) atoms. The normalized spacial score (nSPS) is 10.4. The van der Waals surface area contributed by atoms with E-state index in [4.69, 9.17) is 16.3 Å². The second-order valence-corrected chi connectivity index (χ2v) is 6.48. The Labute approximate surface area is 170 Å². The number of nitro benzene ring substituents is 1. The summed E-state index contributed by atoms with van der Waals surface area (Å²) in [5, 5.41) is 21.3. The van der Waals surface area contributed by atoms with E-state index < -0.39 is 22.4 Å². The summed E-state index contributed by atoms with van der Waals surface area (Å²) in [7, 11) is 0. The smallest absolute Gasteiger partial charge is 0.336 e. The molecule has 7 nitrogen and oxygen atoms in total. The number of carbonyl (C=O) groups is 2. The van der Waals surface area contributed by atoms with Gasteiger partial charge in [0.05, 0.1) is 10.5 Å². The first-order valence-corrected chi connectivity index (χ1v) is 8.77. The number of nitrogens with zero attached hydrogens (tertiary/aromatic N) is 1. The lowest BCUT2D eigenvalue weighted by Crippen LogP contribution is -2.11.